The van der Waals surface area contributed by atoms with E-state index in [9.17, 15) is 0 Å². The van der Waals surface area contributed by atoms with E-state index >= 15 is 0 Å². The van der Waals surface area contributed by atoms with Gasteiger partial charge in [0.05, 0.1) is 10.4 Å². The summed E-state index contributed by atoms with van der Waals surface area (Å²) in [6.07, 6.45) is 7.09. The molecule has 0 N–H and O–H groups in total. The number of rotatable bonds is 2. The highest BCUT2D eigenvalue weighted by atomic mass is 32.1. The van der Waals surface area contributed by atoms with Crippen molar-refractivity contribution in [1.82, 2.24) is 0 Å². The lowest BCUT2D eigenvalue weighted by atomic mass is 9.42. The van der Waals surface area contributed by atoms with Gasteiger partial charge in [0.2, 0.25) is 0 Å². The van der Waals surface area contributed by atoms with Gasteiger partial charge in [0.1, 0.15) is 0 Å². The Hall–Kier alpha value is -5.58. The zero-order valence-electron chi connectivity index (χ0n) is 47.0. The number of hydrogen-bond acceptors (Lipinski definition) is 3. The number of anilines is 5. The molecule has 2 aliphatic heterocycles. The van der Waals surface area contributed by atoms with Gasteiger partial charge in [0.15, 0.2) is 0 Å². The Balaban J connectivity index is 1.20. The van der Waals surface area contributed by atoms with Gasteiger partial charge >= 0.3 is 6.85 Å². The molecule has 4 heteroatoms. The first kappa shape index (κ1) is 46.9. The first-order valence-corrected chi connectivity index (χ1v) is 29.0. The van der Waals surface area contributed by atoms with Crippen LogP contribution in [0.5, 0.6) is 0 Å². The maximum atomic E-state index is 2.87. The number of hydrogen-bond donors (Lipinski definition) is 0. The molecule has 6 aliphatic rings. The Morgan fingerprint density at radius 2 is 1.03 bits per heavy atom. The van der Waals surface area contributed by atoms with E-state index in [1.54, 1.807) is 5.56 Å². The van der Waals surface area contributed by atoms with Crippen molar-refractivity contribution in [3.8, 4) is 22.3 Å². The van der Waals surface area contributed by atoms with Crippen LogP contribution < -0.4 is 20.6 Å². The molecule has 0 saturated carbocycles. The zero-order chi connectivity index (χ0) is 51.8. The van der Waals surface area contributed by atoms with Crippen molar-refractivity contribution in [1.29, 1.82) is 0 Å². The summed E-state index contributed by atoms with van der Waals surface area (Å²) >= 11 is 2.00. The Morgan fingerprint density at radius 1 is 0.432 bits per heavy atom. The third kappa shape index (κ3) is 6.07. The third-order valence-electron chi connectivity index (χ3n) is 20.8. The Morgan fingerprint density at radius 3 is 1.74 bits per heavy atom. The molecule has 74 heavy (non-hydrogen) atoms. The van der Waals surface area contributed by atoms with Gasteiger partial charge in [0, 0.05) is 49.2 Å². The van der Waals surface area contributed by atoms with Gasteiger partial charge in [-0.3, -0.25) is 0 Å². The fourth-order valence-corrected chi connectivity index (χ4v) is 17.4. The first-order chi connectivity index (χ1) is 34.8. The second kappa shape index (κ2) is 14.7. The Bertz CT molecular complexity index is 3810. The summed E-state index contributed by atoms with van der Waals surface area (Å²) in [4.78, 5) is 5.74. The van der Waals surface area contributed by atoms with Crippen LogP contribution in [0.15, 0.2) is 109 Å². The molecule has 0 amide bonds. The van der Waals surface area contributed by atoms with E-state index in [1.165, 1.54) is 165 Å². The van der Waals surface area contributed by atoms with E-state index in [1.807, 2.05) is 11.3 Å². The van der Waals surface area contributed by atoms with Crippen molar-refractivity contribution in [3.63, 3.8) is 0 Å². The average Bonchev–Trinajstić information content (AvgIpc) is 3.86. The van der Waals surface area contributed by atoms with Crippen LogP contribution >= 0.6 is 11.3 Å². The molecule has 0 fully saturated rings. The molecule has 0 atom stereocenters. The molecule has 4 aliphatic carbocycles. The quantitative estimate of drug-likeness (QED) is 0.159. The smallest absolute Gasteiger partial charge is 0.333 e. The second-order valence-electron chi connectivity index (χ2n) is 28.4. The maximum absolute atomic E-state index is 2.87. The van der Waals surface area contributed by atoms with Crippen LogP contribution in [0, 0.1) is 6.92 Å². The molecule has 0 saturated heterocycles. The van der Waals surface area contributed by atoms with E-state index < -0.39 is 0 Å². The van der Waals surface area contributed by atoms with Gasteiger partial charge in [-0.25, -0.2) is 0 Å². The second-order valence-corrected chi connectivity index (χ2v) is 29.5. The Kier molecular flexibility index (Phi) is 9.30. The molecule has 0 radical (unpaired) electrons. The minimum atomic E-state index is -0.275. The molecular formula is C70H75BN2S. The summed E-state index contributed by atoms with van der Waals surface area (Å²) in [6, 6.07) is 44.6. The van der Waals surface area contributed by atoms with E-state index in [-0.39, 0.29) is 44.8 Å². The molecule has 8 aromatic rings. The van der Waals surface area contributed by atoms with Crippen molar-refractivity contribution in [2.45, 2.75) is 180 Å². The molecule has 0 bridgehead atoms. The molecule has 3 heterocycles. The zero-order valence-corrected chi connectivity index (χ0v) is 47.8. The topological polar surface area (TPSA) is 6.48 Å². The highest BCUT2D eigenvalue weighted by Gasteiger charge is 2.53. The van der Waals surface area contributed by atoms with E-state index in [4.69, 9.17) is 0 Å². The predicted molar refractivity (Wildman–Crippen MR) is 321 cm³/mol. The summed E-state index contributed by atoms with van der Waals surface area (Å²) in [6.45, 7) is 37.4. The molecule has 0 spiro atoms. The number of thiophene rings is 1. The van der Waals surface area contributed by atoms with Gasteiger partial charge in [-0.15, -0.1) is 11.3 Å². The molecule has 374 valence electrons. The number of nitrogens with zero attached hydrogens (tertiary/aromatic N) is 2. The average molecular weight is 987 g/mol. The molecule has 7 aromatic carbocycles. The number of fused-ring (bicyclic) bond motifs is 15. The van der Waals surface area contributed by atoms with Crippen LogP contribution in [0.3, 0.4) is 0 Å². The lowest BCUT2D eigenvalue weighted by molar-refractivity contribution is 0.330. The Labute approximate surface area is 446 Å². The van der Waals surface area contributed by atoms with E-state index in [0.717, 1.165) is 0 Å². The molecule has 0 unspecified atom stereocenters. The summed E-state index contributed by atoms with van der Waals surface area (Å²) in [5, 5.41) is 2.70. The normalized spacial score (nSPS) is 21.0. The number of benzene rings is 7. The van der Waals surface area contributed by atoms with Crippen molar-refractivity contribution in [2.24, 2.45) is 0 Å². The van der Waals surface area contributed by atoms with Crippen LogP contribution in [0.2, 0.25) is 0 Å². The van der Waals surface area contributed by atoms with Crippen LogP contribution in [-0.4, -0.2) is 6.85 Å². The summed E-state index contributed by atoms with van der Waals surface area (Å²) in [5.41, 5.74) is 28.6. The maximum Gasteiger partial charge on any atom is 0.333 e. The lowest BCUT2D eigenvalue weighted by Crippen LogP contribution is -2.62. The SMILES string of the molecule is Cc1c(N2c3c4c(cc5c3C(C)(C)c3ccccc3-5)-c3cc5c(cc3N(c3ccc6c(c3)C(C)(C)CCC6(C)C)B4c3ccc4c(sc6ccccc64)c32)C(C)(C)CCC5(C)C)ccc2c1C(C)(C)CCC2(C)C. The summed E-state index contributed by atoms with van der Waals surface area (Å²) in [7, 11) is 0. The molecule has 1 aromatic heterocycles. The minimum absolute atomic E-state index is 0.0352. The van der Waals surface area contributed by atoms with Crippen molar-refractivity contribution in [2.75, 3.05) is 9.71 Å². The highest BCUT2D eigenvalue weighted by Crippen LogP contribution is 2.62. The predicted octanol–water partition coefficient (Wildman–Crippen LogP) is 18.4. The van der Waals surface area contributed by atoms with Gasteiger partial charge in [-0.2, -0.15) is 0 Å². The lowest BCUT2D eigenvalue weighted by Gasteiger charge is -2.50. The monoisotopic (exact) mass is 987 g/mol. The van der Waals surface area contributed by atoms with Crippen LogP contribution in [0.1, 0.15) is 186 Å². The highest BCUT2D eigenvalue weighted by molar-refractivity contribution is 7.26. The van der Waals surface area contributed by atoms with Gasteiger partial charge in [-0.05, 0) is 198 Å². The summed E-state index contributed by atoms with van der Waals surface area (Å²) in [5.74, 6) is 0. The third-order valence-corrected chi connectivity index (χ3v) is 22.0. The standard InChI is InChI=1S/C70H75BN2S/c1-40-55(29-27-50-58(40)69(12,13)35-34-65(50,4)5)72-61-54(28-25-44-43-21-17-19-23-57(43)74-63(44)61)71-60-47(37-46-42-20-16-18-22-48(42)70(14,15)59(46)62(60)72)45-38-52-53(68(10,11)33-32-67(52,8)9)39-56(45)73(71)41-24-26-49-51(36-41)66(6,7)31-30-64(49,2)3/h16-29,36-39H,30-35H2,1-15H3. The van der Waals surface area contributed by atoms with Crippen LogP contribution in [-0.2, 0) is 37.9 Å². The van der Waals surface area contributed by atoms with Gasteiger partial charge < -0.3 is 9.71 Å². The van der Waals surface area contributed by atoms with Crippen molar-refractivity contribution >= 4 is 77.7 Å². The van der Waals surface area contributed by atoms with E-state index in [2.05, 4.69) is 223 Å². The van der Waals surface area contributed by atoms with Crippen LogP contribution in [0.4, 0.5) is 28.4 Å². The fraction of sp³-hybridized carbons (Fsp3) is 0.400. The van der Waals surface area contributed by atoms with Crippen molar-refractivity contribution in [3.05, 3.63) is 159 Å². The largest absolute Gasteiger partial charge is 0.376 e. The van der Waals surface area contributed by atoms with Crippen LogP contribution in [0.25, 0.3) is 42.4 Å². The molecule has 2 nitrogen and oxygen atoms in total. The van der Waals surface area contributed by atoms with E-state index in [0.29, 0.717) is 0 Å². The fourth-order valence-electron chi connectivity index (χ4n) is 16.1. The van der Waals surface area contributed by atoms with Crippen molar-refractivity contribution < 1.29 is 0 Å². The first-order valence-electron chi connectivity index (χ1n) is 28.2. The summed E-state index contributed by atoms with van der Waals surface area (Å²) < 4.78 is 2.73. The molecular weight excluding hydrogens is 912 g/mol. The van der Waals surface area contributed by atoms with Gasteiger partial charge in [0.25, 0.3) is 0 Å². The van der Waals surface area contributed by atoms with Gasteiger partial charge in [-0.1, -0.05) is 164 Å². The minimum Gasteiger partial charge on any atom is -0.376 e. The molecule has 14 rings (SSSR count).